The number of carbonyl (C=O) groups is 1. The van der Waals surface area contributed by atoms with Gasteiger partial charge in [0, 0.05) is 12.0 Å². The van der Waals surface area contributed by atoms with Gasteiger partial charge >= 0.3 is 5.97 Å². The second-order valence-electron chi connectivity index (χ2n) is 16.2. The standard InChI is InChI=1S/C45H58O4Si2/c1-8-9-10-11-16-25-37-34-45(49-42(37)46,35-47-50(43(2,3)4,38-26-17-12-18-27-38)39-28-19-13-20-29-39)36-48-51(44(5,6)7,40-30-21-14-22-31-40)41-32-23-15-24-33-41/h12-15,17-33H,8-11,16,34-36H2,1-7H3/b37-25+. The summed E-state index contributed by atoms with van der Waals surface area (Å²) in [5, 5.41) is 4.34. The quantitative estimate of drug-likeness (QED) is 0.0534. The minimum atomic E-state index is -2.94. The van der Waals surface area contributed by atoms with Gasteiger partial charge in [0.25, 0.3) is 16.6 Å². The Morgan fingerprint density at radius 3 is 1.31 bits per heavy atom. The molecule has 0 amide bonds. The number of allylic oxidation sites excluding steroid dienone is 1. The van der Waals surface area contributed by atoms with Gasteiger partial charge < -0.3 is 13.6 Å². The van der Waals surface area contributed by atoms with Gasteiger partial charge in [0.1, 0.15) is 0 Å². The van der Waals surface area contributed by atoms with E-state index >= 15 is 0 Å². The summed E-state index contributed by atoms with van der Waals surface area (Å²) >= 11 is 0. The van der Waals surface area contributed by atoms with Crippen molar-refractivity contribution in [3.05, 3.63) is 133 Å². The summed E-state index contributed by atoms with van der Waals surface area (Å²) < 4.78 is 21.7. The van der Waals surface area contributed by atoms with Crippen LogP contribution in [0.15, 0.2) is 133 Å². The van der Waals surface area contributed by atoms with Crippen LogP contribution < -0.4 is 20.7 Å². The Kier molecular flexibility index (Phi) is 12.4. The molecule has 1 saturated heterocycles. The molecule has 1 fully saturated rings. The van der Waals surface area contributed by atoms with Crippen LogP contribution in [0.3, 0.4) is 0 Å². The lowest BCUT2D eigenvalue weighted by Crippen LogP contribution is -2.69. The van der Waals surface area contributed by atoms with Crippen molar-refractivity contribution < 1.29 is 18.4 Å². The molecule has 0 aromatic heterocycles. The van der Waals surface area contributed by atoms with Gasteiger partial charge in [-0.05, 0) is 43.7 Å². The van der Waals surface area contributed by atoms with Crippen LogP contribution in [0, 0.1) is 0 Å². The molecule has 0 unspecified atom stereocenters. The molecule has 0 atom stereocenters. The third-order valence-corrected chi connectivity index (χ3v) is 20.4. The first-order chi connectivity index (χ1) is 24.4. The molecule has 4 aromatic rings. The van der Waals surface area contributed by atoms with E-state index in [9.17, 15) is 4.79 Å². The minimum Gasteiger partial charge on any atom is -0.451 e. The fourth-order valence-corrected chi connectivity index (χ4v) is 17.2. The van der Waals surface area contributed by atoms with Crippen molar-refractivity contribution in [2.24, 2.45) is 0 Å². The van der Waals surface area contributed by atoms with Gasteiger partial charge in [-0.2, -0.15) is 0 Å². The molecule has 0 aliphatic carbocycles. The number of benzene rings is 4. The molecule has 0 spiro atoms. The highest BCUT2D eigenvalue weighted by atomic mass is 28.4. The zero-order chi connectivity index (χ0) is 36.6. The number of unbranched alkanes of at least 4 members (excludes halogenated alkanes) is 4. The summed E-state index contributed by atoms with van der Waals surface area (Å²) in [6.07, 6.45) is 8.05. The predicted octanol–water partition coefficient (Wildman–Crippen LogP) is 8.72. The van der Waals surface area contributed by atoms with Crippen LogP contribution in [0.5, 0.6) is 0 Å². The number of ether oxygens (including phenoxy) is 1. The third-order valence-electron chi connectivity index (χ3n) is 10.5. The maximum absolute atomic E-state index is 13.9. The molecule has 1 aliphatic heterocycles. The molecule has 1 aliphatic rings. The number of cyclic esters (lactones) is 1. The van der Waals surface area contributed by atoms with Crippen molar-refractivity contribution in [1.82, 2.24) is 0 Å². The van der Waals surface area contributed by atoms with E-state index < -0.39 is 22.2 Å². The fraction of sp³-hybridized carbons (Fsp3) is 0.400. The molecular formula is C45H58O4Si2. The van der Waals surface area contributed by atoms with E-state index in [0.29, 0.717) is 6.42 Å². The van der Waals surface area contributed by atoms with E-state index in [2.05, 4.69) is 176 Å². The molecule has 1 heterocycles. The van der Waals surface area contributed by atoms with Crippen molar-refractivity contribution in [3.8, 4) is 0 Å². The lowest BCUT2D eigenvalue weighted by molar-refractivity contribution is -0.152. The molecular weight excluding hydrogens is 661 g/mol. The Bertz CT molecular complexity index is 1520. The summed E-state index contributed by atoms with van der Waals surface area (Å²) in [4.78, 5) is 13.9. The van der Waals surface area contributed by atoms with E-state index in [-0.39, 0.29) is 29.3 Å². The summed E-state index contributed by atoms with van der Waals surface area (Å²) in [5.74, 6) is -0.248. The van der Waals surface area contributed by atoms with Crippen LogP contribution in [0.1, 0.15) is 87.0 Å². The van der Waals surface area contributed by atoms with Gasteiger partial charge in [-0.3, -0.25) is 0 Å². The Morgan fingerprint density at radius 1 is 0.608 bits per heavy atom. The molecule has 0 bridgehead atoms. The zero-order valence-corrected chi connectivity index (χ0v) is 33.9. The fourth-order valence-electron chi connectivity index (χ4n) is 7.93. The highest BCUT2D eigenvalue weighted by Gasteiger charge is 2.56. The van der Waals surface area contributed by atoms with Gasteiger partial charge in [0.2, 0.25) is 0 Å². The Morgan fingerprint density at radius 2 is 0.980 bits per heavy atom. The summed E-state index contributed by atoms with van der Waals surface area (Å²) in [5.41, 5.74) is -0.254. The van der Waals surface area contributed by atoms with E-state index in [1.807, 2.05) is 0 Å². The van der Waals surface area contributed by atoms with Crippen LogP contribution >= 0.6 is 0 Å². The molecule has 270 valence electrons. The molecule has 51 heavy (non-hydrogen) atoms. The lowest BCUT2D eigenvalue weighted by atomic mass is 9.98. The van der Waals surface area contributed by atoms with Gasteiger partial charge in [-0.25, -0.2) is 4.79 Å². The van der Waals surface area contributed by atoms with Gasteiger partial charge in [-0.15, -0.1) is 0 Å². The summed E-state index contributed by atoms with van der Waals surface area (Å²) in [6.45, 7) is 16.4. The first kappa shape index (κ1) is 38.7. The Labute approximate surface area is 309 Å². The largest absolute Gasteiger partial charge is 0.451 e. The van der Waals surface area contributed by atoms with Crippen LogP contribution in [-0.2, 0) is 18.4 Å². The average Bonchev–Trinajstić information content (AvgIpc) is 3.44. The van der Waals surface area contributed by atoms with Crippen molar-refractivity contribution in [2.75, 3.05) is 13.2 Å². The smallest absolute Gasteiger partial charge is 0.334 e. The topological polar surface area (TPSA) is 44.8 Å². The van der Waals surface area contributed by atoms with E-state index in [0.717, 1.165) is 24.8 Å². The zero-order valence-electron chi connectivity index (χ0n) is 31.9. The highest BCUT2D eigenvalue weighted by Crippen LogP contribution is 2.42. The van der Waals surface area contributed by atoms with Crippen LogP contribution in [0.4, 0.5) is 0 Å². The number of carbonyl (C=O) groups excluding carboxylic acids is 1. The van der Waals surface area contributed by atoms with Crippen LogP contribution in [0.2, 0.25) is 10.1 Å². The average molecular weight is 719 g/mol. The Balaban J connectivity index is 1.61. The monoisotopic (exact) mass is 718 g/mol. The second kappa shape index (κ2) is 16.4. The first-order valence-electron chi connectivity index (χ1n) is 18.8. The van der Waals surface area contributed by atoms with Crippen molar-refractivity contribution in [3.63, 3.8) is 0 Å². The maximum atomic E-state index is 13.9. The highest BCUT2D eigenvalue weighted by molar-refractivity contribution is 7.00. The molecule has 6 heteroatoms. The normalized spacial score (nSPS) is 16.0. The third kappa shape index (κ3) is 8.25. The van der Waals surface area contributed by atoms with E-state index in [1.54, 1.807) is 0 Å². The van der Waals surface area contributed by atoms with Crippen molar-refractivity contribution in [1.29, 1.82) is 0 Å². The summed E-state index contributed by atoms with van der Waals surface area (Å²) in [6, 6.07) is 42.7. The van der Waals surface area contributed by atoms with Crippen molar-refractivity contribution in [2.45, 2.75) is 103 Å². The lowest BCUT2D eigenvalue weighted by Gasteiger charge is -2.46. The predicted molar refractivity (Wildman–Crippen MR) is 217 cm³/mol. The summed E-state index contributed by atoms with van der Waals surface area (Å²) in [7, 11) is -5.89. The second-order valence-corrected chi connectivity index (χ2v) is 24.8. The number of esters is 1. The Hall–Kier alpha value is -3.56. The molecule has 0 radical (unpaired) electrons. The first-order valence-corrected chi connectivity index (χ1v) is 22.6. The van der Waals surface area contributed by atoms with Crippen LogP contribution in [0.25, 0.3) is 0 Å². The SMILES string of the molecule is CCCCCC/C=C1\CC(CO[Si](c2ccccc2)(c2ccccc2)C(C)(C)C)(CO[Si](c2ccccc2)(c2ccccc2)C(C)(C)C)OC1=O. The number of rotatable bonds is 15. The molecule has 0 N–H and O–H groups in total. The molecule has 0 saturated carbocycles. The van der Waals surface area contributed by atoms with Gasteiger partial charge in [0.15, 0.2) is 5.60 Å². The minimum absolute atomic E-state index is 0.226. The number of hydrogen-bond donors (Lipinski definition) is 0. The van der Waals surface area contributed by atoms with Gasteiger partial charge in [-0.1, -0.05) is 195 Å². The van der Waals surface area contributed by atoms with Gasteiger partial charge in [0.05, 0.1) is 13.2 Å². The number of hydrogen-bond acceptors (Lipinski definition) is 4. The van der Waals surface area contributed by atoms with Crippen molar-refractivity contribution >= 4 is 43.4 Å². The van der Waals surface area contributed by atoms with E-state index in [4.69, 9.17) is 13.6 Å². The molecule has 4 nitrogen and oxygen atoms in total. The maximum Gasteiger partial charge on any atom is 0.334 e. The van der Waals surface area contributed by atoms with E-state index in [1.165, 1.54) is 33.6 Å². The van der Waals surface area contributed by atoms with Crippen LogP contribution in [-0.4, -0.2) is 41.4 Å². The molecule has 5 rings (SSSR count). The molecule has 4 aromatic carbocycles.